The Hall–Kier alpha value is -1.19. The second kappa shape index (κ2) is 6.12. The molecule has 2 aromatic rings. The number of hydrogen-bond donors (Lipinski definition) is 1. The van der Waals surface area contributed by atoms with Crippen LogP contribution in [0, 0.1) is 0 Å². The number of likely N-dealkylation sites (N-methyl/N-ethyl adjacent to an activating group) is 1. The Kier molecular flexibility index (Phi) is 4.50. The molecule has 94 valence electrons. The molecule has 2 nitrogen and oxygen atoms in total. The number of pyridine rings is 1. The topological polar surface area (TPSA) is 24.9 Å². The minimum absolute atomic E-state index is 0.918. The third-order valence-electron chi connectivity index (χ3n) is 2.97. The zero-order valence-corrected chi connectivity index (χ0v) is 12.3. The van der Waals surface area contributed by atoms with Crippen molar-refractivity contribution in [3.05, 3.63) is 46.1 Å². The molecule has 1 aromatic heterocycles. The molecule has 0 saturated carbocycles. The van der Waals surface area contributed by atoms with E-state index in [-0.39, 0.29) is 0 Å². The highest BCUT2D eigenvalue weighted by Crippen LogP contribution is 2.26. The van der Waals surface area contributed by atoms with Gasteiger partial charge in [0.05, 0.1) is 5.52 Å². The summed E-state index contributed by atoms with van der Waals surface area (Å²) in [5, 5.41) is 4.36. The molecule has 3 heteroatoms. The number of rotatable bonds is 4. The molecule has 0 radical (unpaired) electrons. The van der Waals surface area contributed by atoms with E-state index >= 15 is 0 Å². The van der Waals surface area contributed by atoms with E-state index in [1.54, 1.807) is 0 Å². The third kappa shape index (κ3) is 2.79. The van der Waals surface area contributed by atoms with Gasteiger partial charge in [-0.1, -0.05) is 46.6 Å². The van der Waals surface area contributed by atoms with Crippen molar-refractivity contribution in [2.24, 2.45) is 0 Å². The molecule has 1 N–H and O–H groups in total. The first-order valence-electron chi connectivity index (χ1n) is 6.13. The number of nitrogens with zero attached hydrogens (tertiary/aromatic N) is 1. The van der Waals surface area contributed by atoms with Gasteiger partial charge < -0.3 is 5.32 Å². The fourth-order valence-electron chi connectivity index (χ4n) is 2.00. The van der Waals surface area contributed by atoms with Crippen molar-refractivity contribution in [3.63, 3.8) is 0 Å². The molecule has 1 heterocycles. The molecule has 0 aliphatic carbocycles. The fraction of sp³-hybridized carbons (Fsp3) is 0.267. The van der Waals surface area contributed by atoms with Crippen LogP contribution in [0.2, 0.25) is 0 Å². The van der Waals surface area contributed by atoms with E-state index < -0.39 is 0 Å². The first kappa shape index (κ1) is 13.2. The minimum Gasteiger partial charge on any atom is -0.316 e. The maximum Gasteiger partial charge on any atom is 0.0785 e. The van der Waals surface area contributed by atoms with Crippen LogP contribution in [-0.4, -0.2) is 18.6 Å². The predicted molar refractivity (Wildman–Crippen MR) is 81.6 cm³/mol. The van der Waals surface area contributed by atoms with Crippen LogP contribution >= 0.6 is 15.9 Å². The van der Waals surface area contributed by atoms with E-state index in [1.807, 2.05) is 19.3 Å². The summed E-state index contributed by atoms with van der Waals surface area (Å²) in [6, 6.07) is 8.26. The maximum absolute atomic E-state index is 4.49. The quantitative estimate of drug-likeness (QED) is 0.923. The van der Waals surface area contributed by atoms with Crippen LogP contribution in [0.1, 0.15) is 18.9 Å². The molecule has 18 heavy (non-hydrogen) atoms. The average molecular weight is 305 g/mol. The number of fused-ring (bicyclic) bond motifs is 1. The first-order chi connectivity index (χ1) is 8.76. The van der Waals surface area contributed by atoms with Gasteiger partial charge in [-0.3, -0.25) is 4.98 Å². The highest BCUT2D eigenvalue weighted by molar-refractivity contribution is 9.10. The summed E-state index contributed by atoms with van der Waals surface area (Å²) in [6.45, 7) is 3.10. The Labute approximate surface area is 116 Å². The van der Waals surface area contributed by atoms with Crippen molar-refractivity contribution in [2.75, 3.05) is 13.6 Å². The Morgan fingerprint density at radius 3 is 2.94 bits per heavy atom. The normalized spacial score (nSPS) is 12.1. The van der Waals surface area contributed by atoms with Gasteiger partial charge in [-0.2, -0.15) is 0 Å². The van der Waals surface area contributed by atoms with E-state index in [0.29, 0.717) is 0 Å². The smallest absolute Gasteiger partial charge is 0.0785 e. The summed E-state index contributed by atoms with van der Waals surface area (Å²) in [5.74, 6) is 0. The molecule has 0 atom stereocenters. The Morgan fingerprint density at radius 1 is 1.39 bits per heavy atom. The summed E-state index contributed by atoms with van der Waals surface area (Å²) >= 11 is 3.57. The van der Waals surface area contributed by atoms with Gasteiger partial charge in [-0.15, -0.1) is 0 Å². The lowest BCUT2D eigenvalue weighted by Gasteiger charge is -2.07. The molecule has 0 aliphatic rings. The van der Waals surface area contributed by atoms with E-state index in [0.717, 1.165) is 28.3 Å². The lowest BCUT2D eigenvalue weighted by Crippen LogP contribution is -2.09. The Morgan fingerprint density at radius 2 is 2.22 bits per heavy atom. The highest BCUT2D eigenvalue weighted by Gasteiger charge is 2.04. The van der Waals surface area contributed by atoms with Gasteiger partial charge in [0.15, 0.2) is 0 Å². The molecule has 0 saturated heterocycles. The van der Waals surface area contributed by atoms with Crippen LogP contribution in [0.3, 0.4) is 0 Å². The number of aromatic nitrogens is 1. The summed E-state index contributed by atoms with van der Waals surface area (Å²) in [7, 11) is 1.97. The number of hydrogen-bond acceptors (Lipinski definition) is 2. The van der Waals surface area contributed by atoms with E-state index in [4.69, 9.17) is 0 Å². The monoisotopic (exact) mass is 304 g/mol. The molecule has 1 aromatic carbocycles. The SMILES string of the molecule is CC/C(=C/c1ccc(Br)c2cccnc12)CNC. The van der Waals surface area contributed by atoms with Crippen LogP contribution in [0.15, 0.2) is 40.5 Å². The van der Waals surface area contributed by atoms with Crippen LogP contribution in [0.4, 0.5) is 0 Å². The van der Waals surface area contributed by atoms with Gasteiger partial charge in [0.1, 0.15) is 0 Å². The molecule has 0 unspecified atom stereocenters. The fourth-order valence-corrected chi connectivity index (χ4v) is 2.45. The molecule has 0 spiro atoms. The van der Waals surface area contributed by atoms with Gasteiger partial charge in [0, 0.05) is 28.2 Å². The second-order valence-corrected chi connectivity index (χ2v) is 5.08. The van der Waals surface area contributed by atoms with Crippen molar-refractivity contribution in [3.8, 4) is 0 Å². The number of benzene rings is 1. The van der Waals surface area contributed by atoms with Gasteiger partial charge in [-0.05, 0) is 25.6 Å². The minimum atomic E-state index is 0.918. The van der Waals surface area contributed by atoms with Crippen molar-refractivity contribution in [2.45, 2.75) is 13.3 Å². The lowest BCUT2D eigenvalue weighted by molar-refractivity contribution is 0.851. The van der Waals surface area contributed by atoms with Crippen LogP contribution < -0.4 is 5.32 Å². The zero-order chi connectivity index (χ0) is 13.0. The summed E-state index contributed by atoms with van der Waals surface area (Å²) in [6.07, 6.45) is 5.12. The van der Waals surface area contributed by atoms with Crippen LogP contribution in [0.5, 0.6) is 0 Å². The van der Waals surface area contributed by atoms with Gasteiger partial charge in [0.2, 0.25) is 0 Å². The van der Waals surface area contributed by atoms with E-state index in [9.17, 15) is 0 Å². The average Bonchev–Trinajstić information content (AvgIpc) is 2.41. The van der Waals surface area contributed by atoms with Crippen LogP contribution in [0.25, 0.3) is 17.0 Å². The Balaban J connectivity index is 2.55. The van der Waals surface area contributed by atoms with Gasteiger partial charge >= 0.3 is 0 Å². The van der Waals surface area contributed by atoms with E-state index in [2.05, 4.69) is 57.4 Å². The second-order valence-electron chi connectivity index (χ2n) is 4.22. The molecular weight excluding hydrogens is 288 g/mol. The van der Waals surface area contributed by atoms with E-state index in [1.165, 1.54) is 11.1 Å². The maximum atomic E-state index is 4.49. The summed E-state index contributed by atoms with van der Waals surface area (Å²) in [4.78, 5) is 4.49. The molecule has 0 aliphatic heterocycles. The third-order valence-corrected chi connectivity index (χ3v) is 3.66. The van der Waals surface area contributed by atoms with Crippen molar-refractivity contribution < 1.29 is 0 Å². The molecular formula is C15H17BrN2. The van der Waals surface area contributed by atoms with Crippen molar-refractivity contribution in [1.82, 2.24) is 10.3 Å². The first-order valence-corrected chi connectivity index (χ1v) is 6.92. The van der Waals surface area contributed by atoms with Crippen molar-refractivity contribution in [1.29, 1.82) is 0 Å². The largest absolute Gasteiger partial charge is 0.316 e. The Bertz CT molecular complexity index is 576. The number of nitrogens with one attached hydrogen (secondary N) is 1. The zero-order valence-electron chi connectivity index (χ0n) is 10.7. The molecule has 0 fully saturated rings. The molecule has 0 bridgehead atoms. The standard InChI is InChI=1S/C15H17BrN2/c1-3-11(10-17-2)9-12-6-7-14(16)13-5-4-8-18-15(12)13/h4-9,17H,3,10H2,1-2H3/b11-9-. The molecule has 2 rings (SSSR count). The lowest BCUT2D eigenvalue weighted by atomic mass is 10.1. The summed E-state index contributed by atoms with van der Waals surface area (Å²) < 4.78 is 1.09. The highest BCUT2D eigenvalue weighted by atomic mass is 79.9. The van der Waals surface area contributed by atoms with Gasteiger partial charge in [0.25, 0.3) is 0 Å². The van der Waals surface area contributed by atoms with Crippen LogP contribution in [-0.2, 0) is 0 Å². The molecule has 0 amide bonds. The van der Waals surface area contributed by atoms with Gasteiger partial charge in [-0.25, -0.2) is 0 Å². The van der Waals surface area contributed by atoms with Crippen molar-refractivity contribution >= 4 is 32.9 Å². The summed E-state index contributed by atoms with van der Waals surface area (Å²) in [5.41, 5.74) is 3.61. The number of halogens is 1. The predicted octanol–water partition coefficient (Wildman–Crippen LogP) is 4.01.